The zero-order chi connectivity index (χ0) is 20.5. The number of fused-ring (bicyclic) bond motifs is 1. The Morgan fingerprint density at radius 2 is 1.79 bits per heavy atom. The zero-order valence-corrected chi connectivity index (χ0v) is 16.9. The molecule has 2 heterocycles. The summed E-state index contributed by atoms with van der Waals surface area (Å²) in [5.41, 5.74) is 14.3. The van der Waals surface area contributed by atoms with Gasteiger partial charge in [-0.2, -0.15) is 0 Å². The number of hydrogen-bond donors (Lipinski definition) is 1. The van der Waals surface area contributed by atoms with E-state index < -0.39 is 0 Å². The summed E-state index contributed by atoms with van der Waals surface area (Å²) >= 11 is 0. The zero-order valence-electron chi connectivity index (χ0n) is 16.9. The molecular weight excluding hydrogens is 358 g/mol. The van der Waals surface area contributed by atoms with Gasteiger partial charge in [0.25, 0.3) is 0 Å². The van der Waals surface area contributed by atoms with E-state index in [4.69, 9.17) is 22.3 Å². The number of imidazole rings is 1. The normalized spacial score (nSPS) is 11.0. The van der Waals surface area contributed by atoms with Crippen LogP contribution in [0.15, 0.2) is 48.5 Å². The van der Waals surface area contributed by atoms with E-state index in [1.807, 2.05) is 25.1 Å². The Hall–Kier alpha value is -3.65. The van der Waals surface area contributed by atoms with Crippen molar-refractivity contribution in [3.8, 4) is 11.1 Å². The van der Waals surface area contributed by atoms with Gasteiger partial charge in [0.05, 0.1) is 13.1 Å². The van der Waals surface area contributed by atoms with E-state index in [1.165, 1.54) is 0 Å². The number of anilines is 1. The third-order valence-electron chi connectivity index (χ3n) is 5.16. The third kappa shape index (κ3) is 3.45. The lowest BCUT2D eigenvalue weighted by molar-refractivity contribution is 0.745. The van der Waals surface area contributed by atoms with Gasteiger partial charge in [-0.25, -0.2) is 14.8 Å². The smallest absolute Gasteiger partial charge is 0.195 e. The van der Waals surface area contributed by atoms with Gasteiger partial charge in [0, 0.05) is 17.8 Å². The highest BCUT2D eigenvalue weighted by Gasteiger charge is 2.14. The molecule has 2 aromatic carbocycles. The Kier molecular flexibility index (Phi) is 4.77. The summed E-state index contributed by atoms with van der Waals surface area (Å²) in [5.74, 6) is 1.04. The molecule has 0 aliphatic rings. The van der Waals surface area contributed by atoms with Crippen molar-refractivity contribution in [3.05, 3.63) is 82.6 Å². The highest BCUT2D eigenvalue weighted by molar-refractivity contribution is 5.81. The summed E-state index contributed by atoms with van der Waals surface area (Å²) in [7, 11) is 0. The second-order valence-corrected chi connectivity index (χ2v) is 7.31. The average molecular weight is 381 g/mol. The molecule has 0 atom stereocenters. The molecule has 0 fully saturated rings. The van der Waals surface area contributed by atoms with Gasteiger partial charge in [-0.15, -0.1) is 0 Å². The summed E-state index contributed by atoms with van der Waals surface area (Å²) in [6.07, 6.45) is 0.852. The number of pyridine rings is 1. The highest BCUT2D eigenvalue weighted by atomic mass is 15.1. The minimum atomic E-state index is 0.607. The molecule has 0 amide bonds. The molecule has 0 aliphatic carbocycles. The number of aromatic nitrogens is 3. The van der Waals surface area contributed by atoms with Crippen LogP contribution in [0.2, 0.25) is 0 Å². The van der Waals surface area contributed by atoms with Gasteiger partial charge in [0.15, 0.2) is 11.3 Å². The fraction of sp³-hybridized carbons (Fsp3) is 0.208. The summed E-state index contributed by atoms with van der Waals surface area (Å²) in [5, 5.41) is 0. The Labute approximate surface area is 170 Å². The third-order valence-corrected chi connectivity index (χ3v) is 5.16. The van der Waals surface area contributed by atoms with Crippen LogP contribution in [0.25, 0.3) is 27.1 Å². The minimum absolute atomic E-state index is 0.607. The minimum Gasteiger partial charge on any atom is -0.399 e. The first-order valence-corrected chi connectivity index (χ1v) is 9.69. The van der Waals surface area contributed by atoms with Crippen LogP contribution in [0, 0.1) is 20.4 Å². The number of aryl methyl sites for hydroxylation is 3. The predicted octanol–water partition coefficient (Wildman–Crippen LogP) is 5.46. The number of nitrogens with zero attached hydrogens (tertiary/aromatic N) is 4. The molecule has 0 radical (unpaired) electrons. The van der Waals surface area contributed by atoms with Gasteiger partial charge in [0.1, 0.15) is 11.3 Å². The van der Waals surface area contributed by atoms with Crippen molar-refractivity contribution in [2.24, 2.45) is 0 Å². The molecule has 144 valence electrons. The quantitative estimate of drug-likeness (QED) is 0.377. The van der Waals surface area contributed by atoms with Crippen molar-refractivity contribution in [2.45, 2.75) is 33.7 Å². The van der Waals surface area contributed by atoms with E-state index in [-0.39, 0.29) is 0 Å². The van der Waals surface area contributed by atoms with Crippen LogP contribution in [0.5, 0.6) is 0 Å². The topological polar surface area (TPSA) is 61.1 Å². The number of nitrogen functional groups attached to an aromatic ring is 1. The molecule has 0 saturated heterocycles. The molecule has 2 N–H and O–H groups in total. The first-order valence-electron chi connectivity index (χ1n) is 9.69. The van der Waals surface area contributed by atoms with Gasteiger partial charge in [-0.1, -0.05) is 37.3 Å². The molecule has 29 heavy (non-hydrogen) atoms. The van der Waals surface area contributed by atoms with Gasteiger partial charge in [0.2, 0.25) is 0 Å². The number of benzene rings is 2. The Bertz CT molecular complexity index is 1240. The summed E-state index contributed by atoms with van der Waals surface area (Å²) < 4.78 is 2.20. The van der Waals surface area contributed by atoms with E-state index in [0.29, 0.717) is 17.9 Å². The largest absolute Gasteiger partial charge is 0.399 e. The number of rotatable bonds is 4. The number of hydrogen-bond acceptors (Lipinski definition) is 3. The van der Waals surface area contributed by atoms with E-state index in [1.54, 1.807) is 12.1 Å². The van der Waals surface area contributed by atoms with Crippen LogP contribution in [0.1, 0.15) is 29.6 Å². The molecule has 2 aromatic heterocycles. The van der Waals surface area contributed by atoms with Crippen LogP contribution in [0.4, 0.5) is 11.4 Å². The molecule has 5 heteroatoms. The Balaban J connectivity index is 1.72. The molecule has 0 spiro atoms. The van der Waals surface area contributed by atoms with Crippen molar-refractivity contribution in [3.63, 3.8) is 0 Å². The van der Waals surface area contributed by atoms with Crippen molar-refractivity contribution in [2.75, 3.05) is 5.73 Å². The van der Waals surface area contributed by atoms with Crippen LogP contribution in [-0.4, -0.2) is 14.5 Å². The monoisotopic (exact) mass is 381 g/mol. The van der Waals surface area contributed by atoms with E-state index in [9.17, 15) is 0 Å². The van der Waals surface area contributed by atoms with Crippen LogP contribution in [-0.2, 0) is 13.0 Å². The lowest BCUT2D eigenvalue weighted by Gasteiger charge is -2.10. The molecule has 0 bridgehead atoms. The molecule has 4 aromatic rings. The Morgan fingerprint density at radius 1 is 1.03 bits per heavy atom. The SMILES string of the molecule is [C-]#[N+]c1ccc(N)cc1-c1ccc(Cn2c(CC)nc3c(C)cc(C)nc32)cc1. The van der Waals surface area contributed by atoms with Crippen molar-refractivity contribution in [1.82, 2.24) is 14.5 Å². The highest BCUT2D eigenvalue weighted by Crippen LogP contribution is 2.32. The van der Waals surface area contributed by atoms with Gasteiger partial charge in [-0.05, 0) is 54.3 Å². The van der Waals surface area contributed by atoms with Crippen LogP contribution < -0.4 is 5.73 Å². The fourth-order valence-electron chi connectivity index (χ4n) is 3.74. The summed E-state index contributed by atoms with van der Waals surface area (Å²) in [4.78, 5) is 13.2. The lowest BCUT2D eigenvalue weighted by atomic mass is 10.0. The molecule has 0 saturated carbocycles. The second kappa shape index (κ2) is 7.40. The standard InChI is InChI=1S/C24H23N5/c1-5-22-28-23-15(2)12-16(3)27-24(23)29(22)14-17-6-8-18(9-7-17)20-13-19(25)10-11-21(20)26-4/h6-13H,5,14,25H2,1-3H3. The van der Waals surface area contributed by atoms with E-state index >= 15 is 0 Å². The summed E-state index contributed by atoms with van der Waals surface area (Å²) in [6.45, 7) is 14.3. The van der Waals surface area contributed by atoms with Crippen molar-refractivity contribution < 1.29 is 0 Å². The second-order valence-electron chi connectivity index (χ2n) is 7.31. The predicted molar refractivity (Wildman–Crippen MR) is 118 cm³/mol. The van der Waals surface area contributed by atoms with Gasteiger partial charge < -0.3 is 10.3 Å². The maximum absolute atomic E-state index is 7.40. The first kappa shape index (κ1) is 18.7. The van der Waals surface area contributed by atoms with Crippen LogP contribution >= 0.6 is 0 Å². The fourth-order valence-corrected chi connectivity index (χ4v) is 3.74. The van der Waals surface area contributed by atoms with Crippen molar-refractivity contribution in [1.29, 1.82) is 0 Å². The molecule has 4 rings (SSSR count). The lowest BCUT2D eigenvalue weighted by Crippen LogP contribution is -2.05. The molecule has 0 aliphatic heterocycles. The van der Waals surface area contributed by atoms with E-state index in [0.717, 1.165) is 51.4 Å². The summed E-state index contributed by atoms with van der Waals surface area (Å²) in [6, 6.07) is 15.8. The Morgan fingerprint density at radius 3 is 2.48 bits per heavy atom. The molecule has 0 unspecified atom stereocenters. The average Bonchev–Trinajstić information content (AvgIpc) is 3.06. The number of nitrogens with two attached hydrogens (primary N) is 1. The maximum atomic E-state index is 7.40. The molecule has 5 nitrogen and oxygen atoms in total. The van der Waals surface area contributed by atoms with Gasteiger partial charge >= 0.3 is 0 Å². The first-order chi connectivity index (χ1) is 14.0. The van der Waals surface area contributed by atoms with Crippen LogP contribution in [0.3, 0.4) is 0 Å². The van der Waals surface area contributed by atoms with Crippen molar-refractivity contribution >= 4 is 22.5 Å². The molecular formula is C24H23N5. The van der Waals surface area contributed by atoms with E-state index in [2.05, 4.69) is 41.5 Å². The van der Waals surface area contributed by atoms with Gasteiger partial charge in [-0.3, -0.25) is 0 Å². The maximum Gasteiger partial charge on any atom is 0.195 e.